The van der Waals surface area contributed by atoms with Crippen LogP contribution >= 0.6 is 0 Å². The molecule has 5 rings (SSSR count). The first kappa shape index (κ1) is 19.6. The van der Waals surface area contributed by atoms with Crippen molar-refractivity contribution in [2.24, 2.45) is 5.92 Å². The fraction of sp³-hybridized carbons (Fsp3) is 0.280. The molecular weight excluding hydrogens is 388 g/mol. The molecule has 2 aliphatic heterocycles. The van der Waals surface area contributed by atoms with Crippen molar-refractivity contribution in [3.8, 4) is 0 Å². The standard InChI is InChI=1S/C25H26N4O2/c1-2-26-15-16-12-13-29-19-11-7-6-10-18(19)21(20(29)14-16)22-23(25(31)28-24(22)30)27-17-8-4-3-5-9-17/h3-11,16,26H,2,12-15H2,1H3,(H2,27,28,30,31). The molecule has 1 aromatic heterocycles. The molecule has 3 aromatic rings. The maximum Gasteiger partial charge on any atom is 0.275 e. The van der Waals surface area contributed by atoms with E-state index in [4.69, 9.17) is 0 Å². The highest BCUT2D eigenvalue weighted by Crippen LogP contribution is 2.39. The first-order valence-electron chi connectivity index (χ1n) is 10.9. The zero-order valence-electron chi connectivity index (χ0n) is 17.6. The molecule has 3 heterocycles. The number of aromatic nitrogens is 1. The number of nitrogens with one attached hydrogen (secondary N) is 3. The zero-order chi connectivity index (χ0) is 21.4. The van der Waals surface area contributed by atoms with Crippen LogP contribution in [0.15, 0.2) is 60.3 Å². The molecule has 31 heavy (non-hydrogen) atoms. The molecule has 2 amide bonds. The van der Waals surface area contributed by atoms with Crippen LogP contribution in [-0.4, -0.2) is 29.5 Å². The molecule has 158 valence electrons. The van der Waals surface area contributed by atoms with E-state index in [1.165, 1.54) is 0 Å². The van der Waals surface area contributed by atoms with E-state index in [1.807, 2.05) is 42.5 Å². The fourth-order valence-corrected chi connectivity index (χ4v) is 4.79. The quantitative estimate of drug-likeness (QED) is 0.541. The molecule has 0 saturated carbocycles. The molecule has 6 nitrogen and oxygen atoms in total. The van der Waals surface area contributed by atoms with Crippen molar-refractivity contribution in [1.82, 2.24) is 15.2 Å². The van der Waals surface area contributed by atoms with E-state index >= 15 is 0 Å². The molecule has 1 atom stereocenters. The highest BCUT2D eigenvalue weighted by atomic mass is 16.2. The van der Waals surface area contributed by atoms with E-state index in [9.17, 15) is 9.59 Å². The lowest BCUT2D eigenvalue weighted by Gasteiger charge is -2.26. The summed E-state index contributed by atoms with van der Waals surface area (Å²) in [6.07, 6.45) is 1.97. The van der Waals surface area contributed by atoms with Crippen molar-refractivity contribution in [3.63, 3.8) is 0 Å². The fourth-order valence-electron chi connectivity index (χ4n) is 4.79. The minimum absolute atomic E-state index is 0.323. The summed E-state index contributed by atoms with van der Waals surface area (Å²) in [6, 6.07) is 17.7. The van der Waals surface area contributed by atoms with Gasteiger partial charge in [-0.05, 0) is 50.0 Å². The Morgan fingerprint density at radius 3 is 2.61 bits per heavy atom. The summed E-state index contributed by atoms with van der Waals surface area (Å²) in [4.78, 5) is 25.8. The number of carbonyl (C=O) groups excluding carboxylic acids is 2. The molecule has 0 spiro atoms. The van der Waals surface area contributed by atoms with Crippen LogP contribution in [-0.2, 0) is 22.6 Å². The Kier molecular flexibility index (Phi) is 5.08. The number of para-hydroxylation sites is 2. The van der Waals surface area contributed by atoms with Crippen molar-refractivity contribution in [2.45, 2.75) is 26.3 Å². The van der Waals surface area contributed by atoms with E-state index in [0.29, 0.717) is 17.2 Å². The van der Waals surface area contributed by atoms with Gasteiger partial charge >= 0.3 is 0 Å². The zero-order valence-corrected chi connectivity index (χ0v) is 17.6. The Bertz CT molecular complexity index is 1190. The minimum Gasteiger partial charge on any atom is -0.350 e. The average Bonchev–Trinajstić information content (AvgIpc) is 3.25. The lowest BCUT2D eigenvalue weighted by Crippen LogP contribution is -2.29. The maximum atomic E-state index is 13.0. The van der Waals surface area contributed by atoms with Gasteiger partial charge in [0, 0.05) is 34.4 Å². The van der Waals surface area contributed by atoms with Gasteiger partial charge in [-0.15, -0.1) is 0 Å². The Labute approximate surface area is 181 Å². The third kappa shape index (κ3) is 3.43. The third-order valence-electron chi connectivity index (χ3n) is 6.23. The summed E-state index contributed by atoms with van der Waals surface area (Å²) < 4.78 is 2.33. The second-order valence-electron chi connectivity index (χ2n) is 8.18. The Balaban J connectivity index is 1.68. The maximum absolute atomic E-state index is 13.0. The summed E-state index contributed by atoms with van der Waals surface area (Å²) in [6.45, 7) is 4.93. The number of hydrogen-bond acceptors (Lipinski definition) is 4. The van der Waals surface area contributed by atoms with Gasteiger partial charge in [0.15, 0.2) is 0 Å². The molecule has 6 heteroatoms. The second-order valence-corrected chi connectivity index (χ2v) is 8.18. The second kappa shape index (κ2) is 8.04. The minimum atomic E-state index is -0.382. The van der Waals surface area contributed by atoms with Gasteiger partial charge < -0.3 is 15.2 Å². The lowest BCUT2D eigenvalue weighted by atomic mass is 9.91. The smallest absolute Gasteiger partial charge is 0.275 e. The van der Waals surface area contributed by atoms with Crippen LogP contribution in [0, 0.1) is 5.92 Å². The van der Waals surface area contributed by atoms with Crippen LogP contribution in [0.4, 0.5) is 5.69 Å². The molecular formula is C25H26N4O2. The number of imide groups is 1. The Hall–Kier alpha value is -3.38. The van der Waals surface area contributed by atoms with Crippen LogP contribution in [0.25, 0.3) is 16.5 Å². The van der Waals surface area contributed by atoms with Gasteiger partial charge in [-0.25, -0.2) is 0 Å². The predicted octanol–water partition coefficient (Wildman–Crippen LogP) is 3.29. The number of carbonyl (C=O) groups is 2. The molecule has 1 unspecified atom stereocenters. The number of fused-ring (bicyclic) bond motifs is 3. The number of hydrogen-bond donors (Lipinski definition) is 3. The van der Waals surface area contributed by atoms with Crippen LogP contribution in [0.3, 0.4) is 0 Å². The van der Waals surface area contributed by atoms with Gasteiger partial charge in [-0.3, -0.25) is 14.9 Å². The molecule has 0 saturated heterocycles. The number of nitrogens with zero attached hydrogens (tertiary/aromatic N) is 1. The molecule has 0 radical (unpaired) electrons. The van der Waals surface area contributed by atoms with Gasteiger partial charge in [0.2, 0.25) is 0 Å². The highest BCUT2D eigenvalue weighted by molar-refractivity contribution is 6.38. The van der Waals surface area contributed by atoms with Crippen molar-refractivity contribution in [2.75, 3.05) is 18.4 Å². The van der Waals surface area contributed by atoms with Crippen LogP contribution in [0.2, 0.25) is 0 Å². The van der Waals surface area contributed by atoms with E-state index < -0.39 is 0 Å². The van der Waals surface area contributed by atoms with Crippen molar-refractivity contribution in [1.29, 1.82) is 0 Å². The normalized spacial score (nSPS) is 18.4. The van der Waals surface area contributed by atoms with E-state index in [0.717, 1.165) is 60.3 Å². The number of aryl methyl sites for hydroxylation is 1. The van der Waals surface area contributed by atoms with Gasteiger partial charge in [-0.2, -0.15) is 0 Å². The van der Waals surface area contributed by atoms with Gasteiger partial charge in [0.05, 0.1) is 5.57 Å². The van der Waals surface area contributed by atoms with Crippen molar-refractivity contribution >= 4 is 34.0 Å². The van der Waals surface area contributed by atoms with Crippen LogP contribution < -0.4 is 16.0 Å². The monoisotopic (exact) mass is 414 g/mol. The third-order valence-corrected chi connectivity index (χ3v) is 6.23. The van der Waals surface area contributed by atoms with Gasteiger partial charge in [0.25, 0.3) is 11.8 Å². The molecule has 3 N–H and O–H groups in total. The number of anilines is 1. The van der Waals surface area contributed by atoms with Crippen LogP contribution in [0.5, 0.6) is 0 Å². The summed E-state index contributed by atoms with van der Waals surface area (Å²) in [5.74, 6) is -0.217. The van der Waals surface area contributed by atoms with E-state index in [-0.39, 0.29) is 11.8 Å². The summed E-state index contributed by atoms with van der Waals surface area (Å²) in [7, 11) is 0. The van der Waals surface area contributed by atoms with Crippen molar-refractivity contribution in [3.05, 3.63) is 71.6 Å². The molecule has 2 aliphatic rings. The highest BCUT2D eigenvalue weighted by Gasteiger charge is 2.36. The Morgan fingerprint density at radius 2 is 1.81 bits per heavy atom. The van der Waals surface area contributed by atoms with E-state index in [1.54, 1.807) is 0 Å². The number of benzene rings is 2. The largest absolute Gasteiger partial charge is 0.350 e. The predicted molar refractivity (Wildman–Crippen MR) is 122 cm³/mol. The lowest BCUT2D eigenvalue weighted by molar-refractivity contribution is -0.123. The average molecular weight is 415 g/mol. The van der Waals surface area contributed by atoms with E-state index in [2.05, 4.69) is 39.6 Å². The first-order chi connectivity index (χ1) is 15.2. The SMILES string of the molecule is CCNCC1CCn2c(c(C3=C(Nc4ccccc4)C(=O)NC3=O)c3ccccc32)C1. The van der Waals surface area contributed by atoms with Gasteiger partial charge in [0.1, 0.15) is 5.70 Å². The molecule has 0 fully saturated rings. The van der Waals surface area contributed by atoms with Crippen LogP contribution in [0.1, 0.15) is 24.6 Å². The van der Waals surface area contributed by atoms with Gasteiger partial charge in [-0.1, -0.05) is 43.3 Å². The topological polar surface area (TPSA) is 75.2 Å². The summed E-state index contributed by atoms with van der Waals surface area (Å²) in [5.41, 5.74) is 4.70. The number of rotatable bonds is 6. The molecule has 0 bridgehead atoms. The molecule has 2 aromatic carbocycles. The number of amides is 2. The Morgan fingerprint density at radius 1 is 1.03 bits per heavy atom. The van der Waals surface area contributed by atoms with Crippen molar-refractivity contribution < 1.29 is 9.59 Å². The summed E-state index contributed by atoms with van der Waals surface area (Å²) >= 11 is 0. The molecule has 0 aliphatic carbocycles. The summed E-state index contributed by atoms with van der Waals surface area (Å²) in [5, 5.41) is 10.2. The first-order valence-corrected chi connectivity index (χ1v) is 10.9.